The Morgan fingerprint density at radius 1 is 0.941 bits per heavy atom. The molecule has 17 heavy (non-hydrogen) atoms. The molecule has 0 atom stereocenters. The van der Waals surface area contributed by atoms with Gasteiger partial charge in [-0.1, -0.05) is 48.5 Å². The topological polar surface area (TPSA) is 12.0 Å². The molecule has 3 rings (SSSR count). The highest BCUT2D eigenvalue weighted by molar-refractivity contribution is 5.39. The third-order valence-electron chi connectivity index (χ3n) is 3.48. The molecule has 1 heteroatoms. The van der Waals surface area contributed by atoms with E-state index in [9.17, 15) is 0 Å². The molecule has 0 saturated heterocycles. The van der Waals surface area contributed by atoms with E-state index in [0.29, 0.717) is 0 Å². The molecular formula is C16H17N. The van der Waals surface area contributed by atoms with Crippen molar-refractivity contribution in [3.63, 3.8) is 0 Å². The van der Waals surface area contributed by atoms with Gasteiger partial charge in [-0.15, -0.1) is 0 Å². The van der Waals surface area contributed by atoms with Gasteiger partial charge in [-0.25, -0.2) is 0 Å². The maximum atomic E-state index is 3.47. The van der Waals surface area contributed by atoms with Crippen LogP contribution < -0.4 is 5.32 Å². The van der Waals surface area contributed by atoms with Crippen LogP contribution in [-0.2, 0) is 19.4 Å². The molecule has 0 amide bonds. The van der Waals surface area contributed by atoms with Gasteiger partial charge in [0.25, 0.3) is 0 Å². The van der Waals surface area contributed by atoms with Gasteiger partial charge in [-0.2, -0.15) is 0 Å². The first-order chi connectivity index (χ1) is 8.43. The van der Waals surface area contributed by atoms with E-state index in [0.717, 1.165) is 25.9 Å². The van der Waals surface area contributed by atoms with E-state index in [-0.39, 0.29) is 0 Å². The lowest BCUT2D eigenvalue weighted by molar-refractivity contribution is 0.639. The molecule has 2 aromatic carbocycles. The van der Waals surface area contributed by atoms with Crippen molar-refractivity contribution in [2.45, 2.75) is 19.4 Å². The van der Waals surface area contributed by atoms with Crippen LogP contribution in [0.25, 0.3) is 0 Å². The highest BCUT2D eigenvalue weighted by Gasteiger charge is 2.12. The van der Waals surface area contributed by atoms with Gasteiger partial charge >= 0.3 is 0 Å². The van der Waals surface area contributed by atoms with E-state index in [4.69, 9.17) is 0 Å². The van der Waals surface area contributed by atoms with Crippen molar-refractivity contribution in [1.82, 2.24) is 5.32 Å². The molecule has 0 unspecified atom stereocenters. The molecule has 0 fully saturated rings. The van der Waals surface area contributed by atoms with Crippen LogP contribution in [0.2, 0.25) is 0 Å². The summed E-state index contributed by atoms with van der Waals surface area (Å²) in [5.74, 6) is 0. The highest BCUT2D eigenvalue weighted by Crippen LogP contribution is 2.21. The van der Waals surface area contributed by atoms with Crippen LogP contribution in [0.3, 0.4) is 0 Å². The highest BCUT2D eigenvalue weighted by atomic mass is 14.9. The van der Waals surface area contributed by atoms with Crippen molar-refractivity contribution < 1.29 is 0 Å². The summed E-state index contributed by atoms with van der Waals surface area (Å²) in [5, 5.41) is 3.47. The fourth-order valence-corrected chi connectivity index (χ4v) is 2.57. The van der Waals surface area contributed by atoms with Crippen molar-refractivity contribution in [2.75, 3.05) is 6.54 Å². The van der Waals surface area contributed by atoms with E-state index in [1.165, 1.54) is 22.3 Å². The zero-order chi connectivity index (χ0) is 11.5. The number of hydrogen-bond acceptors (Lipinski definition) is 1. The third kappa shape index (κ3) is 2.25. The maximum Gasteiger partial charge on any atom is 0.0211 e. The first kappa shape index (κ1) is 10.5. The van der Waals surface area contributed by atoms with E-state index < -0.39 is 0 Å². The van der Waals surface area contributed by atoms with Gasteiger partial charge in [0.15, 0.2) is 0 Å². The Hall–Kier alpha value is -1.60. The Morgan fingerprint density at radius 2 is 1.82 bits per heavy atom. The Morgan fingerprint density at radius 3 is 2.71 bits per heavy atom. The molecule has 86 valence electrons. The summed E-state index contributed by atoms with van der Waals surface area (Å²) in [5.41, 5.74) is 5.91. The molecule has 0 bridgehead atoms. The lowest BCUT2D eigenvalue weighted by atomic mass is 9.92. The molecule has 0 spiro atoms. The number of nitrogens with one attached hydrogen (secondary N) is 1. The fourth-order valence-electron chi connectivity index (χ4n) is 2.57. The second-order valence-electron chi connectivity index (χ2n) is 4.64. The van der Waals surface area contributed by atoms with Crippen LogP contribution in [-0.4, -0.2) is 6.54 Å². The van der Waals surface area contributed by atoms with Crippen LogP contribution in [0.4, 0.5) is 0 Å². The average Bonchev–Trinajstić information content (AvgIpc) is 2.40. The largest absolute Gasteiger partial charge is 0.312 e. The van der Waals surface area contributed by atoms with E-state index in [1.54, 1.807) is 0 Å². The minimum absolute atomic E-state index is 1.03. The van der Waals surface area contributed by atoms with Gasteiger partial charge in [0.05, 0.1) is 0 Å². The number of benzene rings is 2. The van der Waals surface area contributed by atoms with Crippen molar-refractivity contribution in [3.05, 3.63) is 70.8 Å². The standard InChI is InChI=1S/C16H17N/c1-2-5-13(6-3-1)11-15-8-4-7-14-9-10-17-12-16(14)15/h1-8,17H,9-12H2. The predicted molar refractivity (Wildman–Crippen MR) is 71.1 cm³/mol. The summed E-state index contributed by atoms with van der Waals surface area (Å²) in [6.45, 7) is 2.14. The second-order valence-corrected chi connectivity index (χ2v) is 4.64. The van der Waals surface area contributed by atoms with E-state index in [1.807, 2.05) is 0 Å². The van der Waals surface area contributed by atoms with Gasteiger partial charge in [0, 0.05) is 6.54 Å². The summed E-state index contributed by atoms with van der Waals surface area (Å²) < 4.78 is 0. The quantitative estimate of drug-likeness (QED) is 0.825. The molecule has 0 aromatic heterocycles. The van der Waals surface area contributed by atoms with Crippen LogP contribution in [0.1, 0.15) is 22.3 Å². The normalized spacial score (nSPS) is 14.4. The maximum absolute atomic E-state index is 3.47. The summed E-state index contributed by atoms with van der Waals surface area (Å²) in [6.07, 6.45) is 2.21. The van der Waals surface area contributed by atoms with Gasteiger partial charge < -0.3 is 5.32 Å². The molecule has 1 nitrogen and oxygen atoms in total. The molecule has 1 heterocycles. The fraction of sp³-hybridized carbons (Fsp3) is 0.250. The molecule has 2 aromatic rings. The van der Waals surface area contributed by atoms with Crippen molar-refractivity contribution in [1.29, 1.82) is 0 Å². The summed E-state index contributed by atoms with van der Waals surface area (Å²) >= 11 is 0. The third-order valence-corrected chi connectivity index (χ3v) is 3.48. The molecule has 0 saturated carbocycles. The lowest BCUT2D eigenvalue weighted by Crippen LogP contribution is -2.24. The number of hydrogen-bond donors (Lipinski definition) is 1. The van der Waals surface area contributed by atoms with Crippen LogP contribution in [0, 0.1) is 0 Å². The van der Waals surface area contributed by atoms with Crippen molar-refractivity contribution in [3.8, 4) is 0 Å². The zero-order valence-electron chi connectivity index (χ0n) is 9.95. The predicted octanol–water partition coefficient (Wildman–Crippen LogP) is 2.92. The Kier molecular flexibility index (Phi) is 2.93. The van der Waals surface area contributed by atoms with Crippen molar-refractivity contribution >= 4 is 0 Å². The monoisotopic (exact) mass is 223 g/mol. The first-order valence-corrected chi connectivity index (χ1v) is 6.28. The van der Waals surface area contributed by atoms with Crippen LogP contribution in [0.5, 0.6) is 0 Å². The second kappa shape index (κ2) is 4.72. The van der Waals surface area contributed by atoms with Gasteiger partial charge in [0.2, 0.25) is 0 Å². The van der Waals surface area contributed by atoms with E-state index in [2.05, 4.69) is 53.8 Å². The first-order valence-electron chi connectivity index (χ1n) is 6.28. The molecule has 1 aliphatic heterocycles. The molecule has 0 aliphatic carbocycles. The molecule has 1 aliphatic rings. The number of fused-ring (bicyclic) bond motifs is 1. The Labute approximate surface area is 102 Å². The SMILES string of the molecule is c1ccc(Cc2cccc3c2CNCC3)cc1. The minimum atomic E-state index is 1.03. The van der Waals surface area contributed by atoms with E-state index >= 15 is 0 Å². The molecule has 1 N–H and O–H groups in total. The average molecular weight is 223 g/mol. The lowest BCUT2D eigenvalue weighted by Gasteiger charge is -2.20. The Balaban J connectivity index is 1.93. The van der Waals surface area contributed by atoms with Crippen molar-refractivity contribution in [2.24, 2.45) is 0 Å². The van der Waals surface area contributed by atoms with Gasteiger partial charge in [0.1, 0.15) is 0 Å². The summed E-state index contributed by atoms with van der Waals surface area (Å²) in [4.78, 5) is 0. The number of rotatable bonds is 2. The smallest absolute Gasteiger partial charge is 0.0211 e. The minimum Gasteiger partial charge on any atom is -0.312 e. The zero-order valence-corrected chi connectivity index (χ0v) is 9.95. The Bertz CT molecular complexity index is 502. The van der Waals surface area contributed by atoms with Crippen LogP contribution >= 0.6 is 0 Å². The van der Waals surface area contributed by atoms with Crippen LogP contribution in [0.15, 0.2) is 48.5 Å². The molecular weight excluding hydrogens is 206 g/mol. The van der Waals surface area contributed by atoms with Gasteiger partial charge in [-0.05, 0) is 41.6 Å². The van der Waals surface area contributed by atoms with Gasteiger partial charge in [-0.3, -0.25) is 0 Å². The summed E-state index contributed by atoms with van der Waals surface area (Å²) in [7, 11) is 0. The summed E-state index contributed by atoms with van der Waals surface area (Å²) in [6, 6.07) is 17.4. The molecule has 0 radical (unpaired) electrons.